The van der Waals surface area contributed by atoms with Crippen LogP contribution in [-0.2, 0) is 27.3 Å². The molecule has 0 bridgehead atoms. The van der Waals surface area contributed by atoms with Crippen LogP contribution in [0.3, 0.4) is 0 Å². The average molecular weight is 479 g/mol. The van der Waals surface area contributed by atoms with Crippen molar-refractivity contribution < 1.29 is 19.1 Å². The number of hydrogen-bond acceptors (Lipinski definition) is 6. The summed E-state index contributed by atoms with van der Waals surface area (Å²) in [5.41, 5.74) is 2.69. The van der Waals surface area contributed by atoms with E-state index in [2.05, 4.69) is 16.0 Å². The highest BCUT2D eigenvalue weighted by molar-refractivity contribution is 5.89. The van der Waals surface area contributed by atoms with Crippen LogP contribution >= 0.6 is 0 Å². The van der Waals surface area contributed by atoms with Gasteiger partial charge in [0, 0.05) is 51.8 Å². The molecule has 1 aromatic heterocycles. The summed E-state index contributed by atoms with van der Waals surface area (Å²) in [6.07, 6.45) is 2.52. The van der Waals surface area contributed by atoms with Crippen molar-refractivity contribution in [3.05, 3.63) is 59.3 Å². The summed E-state index contributed by atoms with van der Waals surface area (Å²) in [6.45, 7) is 9.03. The molecule has 1 saturated heterocycles. The Morgan fingerprint density at radius 2 is 1.74 bits per heavy atom. The lowest BCUT2D eigenvalue weighted by atomic mass is 9.92. The van der Waals surface area contributed by atoms with Gasteiger partial charge in [-0.25, -0.2) is 9.78 Å². The van der Waals surface area contributed by atoms with E-state index in [0.717, 1.165) is 16.9 Å². The number of fused-ring (bicyclic) bond motifs is 1. The molecule has 1 fully saturated rings. The van der Waals surface area contributed by atoms with Crippen LogP contribution in [0.4, 0.5) is 5.82 Å². The maximum Gasteiger partial charge on any atom is 0.339 e. The number of hydrogen-bond donors (Lipinski definition) is 0. The molecule has 186 valence electrons. The van der Waals surface area contributed by atoms with E-state index in [9.17, 15) is 14.4 Å². The molecule has 0 N–H and O–H groups in total. The molecule has 1 atom stereocenters. The Morgan fingerprint density at radius 1 is 1.03 bits per heavy atom. The van der Waals surface area contributed by atoms with Gasteiger partial charge in [0.15, 0.2) is 0 Å². The summed E-state index contributed by atoms with van der Waals surface area (Å²) in [4.78, 5) is 48.8. The first-order valence-corrected chi connectivity index (χ1v) is 12.4. The van der Waals surface area contributed by atoms with Gasteiger partial charge in [-0.05, 0) is 36.1 Å². The van der Waals surface area contributed by atoms with Crippen molar-refractivity contribution in [1.29, 1.82) is 0 Å². The minimum atomic E-state index is -0.468. The maximum absolute atomic E-state index is 13.6. The topological polar surface area (TPSA) is 83.0 Å². The van der Waals surface area contributed by atoms with Gasteiger partial charge in [-0.15, -0.1) is 0 Å². The van der Waals surface area contributed by atoms with Crippen molar-refractivity contribution in [2.75, 3.05) is 37.7 Å². The van der Waals surface area contributed by atoms with Crippen LogP contribution in [0.15, 0.2) is 42.6 Å². The highest BCUT2D eigenvalue weighted by Crippen LogP contribution is 2.26. The number of carbonyl (C=O) groups is 3. The zero-order chi connectivity index (χ0) is 24.9. The molecule has 8 nitrogen and oxygen atoms in total. The summed E-state index contributed by atoms with van der Waals surface area (Å²) in [5, 5.41) is 0. The van der Waals surface area contributed by atoms with Crippen LogP contribution < -0.4 is 4.90 Å². The Balaban J connectivity index is 1.42. The summed E-state index contributed by atoms with van der Waals surface area (Å²) in [7, 11) is 0. The standard InChI is InChI=1S/C27H34N4O4/c1-4-35-27(34)21-9-10-24(28-17-21)29-11-13-30(14-12-29)26(33)23-16-20-7-5-6-8-22(20)18-31(23)25(32)15-19(2)3/h5-10,17,19,23H,4,11-16,18H2,1-3H3. The average Bonchev–Trinajstić information content (AvgIpc) is 2.87. The first-order valence-electron chi connectivity index (χ1n) is 12.4. The van der Waals surface area contributed by atoms with Crippen LogP contribution in [-0.4, -0.2) is 71.4 Å². The Hall–Kier alpha value is -3.42. The monoisotopic (exact) mass is 478 g/mol. The number of amides is 2. The zero-order valence-corrected chi connectivity index (χ0v) is 20.8. The number of anilines is 1. The molecule has 2 aliphatic heterocycles. The molecule has 8 heteroatoms. The first-order chi connectivity index (χ1) is 16.9. The fourth-order valence-corrected chi connectivity index (χ4v) is 4.75. The fourth-order valence-electron chi connectivity index (χ4n) is 4.75. The van der Waals surface area contributed by atoms with Crippen molar-refractivity contribution in [3.8, 4) is 0 Å². The number of nitrogens with zero attached hydrogens (tertiary/aromatic N) is 4. The number of carbonyl (C=O) groups excluding carboxylic acids is 3. The van der Waals surface area contributed by atoms with E-state index in [-0.39, 0.29) is 23.7 Å². The van der Waals surface area contributed by atoms with E-state index in [0.29, 0.717) is 57.7 Å². The number of esters is 1. The SMILES string of the molecule is CCOC(=O)c1ccc(N2CCN(C(=O)C3Cc4ccccc4CN3C(=O)CC(C)C)CC2)nc1. The van der Waals surface area contributed by atoms with Gasteiger partial charge in [0.1, 0.15) is 11.9 Å². The van der Waals surface area contributed by atoms with Crippen LogP contribution in [0, 0.1) is 5.92 Å². The normalized spacial score (nSPS) is 17.8. The summed E-state index contributed by atoms with van der Waals surface area (Å²) in [5.74, 6) is 0.680. The molecule has 2 amide bonds. The largest absolute Gasteiger partial charge is 0.462 e. The van der Waals surface area contributed by atoms with E-state index in [1.54, 1.807) is 17.9 Å². The molecule has 35 heavy (non-hydrogen) atoms. The Morgan fingerprint density at radius 3 is 2.37 bits per heavy atom. The van der Waals surface area contributed by atoms with E-state index in [1.165, 1.54) is 6.20 Å². The lowest BCUT2D eigenvalue weighted by Gasteiger charge is -2.41. The van der Waals surface area contributed by atoms with Crippen molar-refractivity contribution in [2.24, 2.45) is 5.92 Å². The summed E-state index contributed by atoms with van der Waals surface area (Å²) >= 11 is 0. The van der Waals surface area contributed by atoms with E-state index in [1.807, 2.05) is 43.0 Å². The van der Waals surface area contributed by atoms with Crippen LogP contribution in [0.5, 0.6) is 0 Å². The predicted molar refractivity (Wildman–Crippen MR) is 133 cm³/mol. The van der Waals surface area contributed by atoms with Gasteiger partial charge in [-0.3, -0.25) is 9.59 Å². The highest BCUT2D eigenvalue weighted by Gasteiger charge is 2.37. The zero-order valence-electron chi connectivity index (χ0n) is 20.8. The van der Waals surface area contributed by atoms with Crippen molar-refractivity contribution in [3.63, 3.8) is 0 Å². The Bertz CT molecular complexity index is 1060. The van der Waals surface area contributed by atoms with Crippen LogP contribution in [0.1, 0.15) is 48.7 Å². The first kappa shape index (κ1) is 24.7. The van der Waals surface area contributed by atoms with Gasteiger partial charge in [0.05, 0.1) is 12.2 Å². The molecule has 0 spiro atoms. The van der Waals surface area contributed by atoms with E-state index >= 15 is 0 Å². The smallest absolute Gasteiger partial charge is 0.339 e. The second kappa shape index (κ2) is 10.9. The predicted octanol–water partition coefficient (Wildman–Crippen LogP) is 2.91. The minimum absolute atomic E-state index is 0.0156. The highest BCUT2D eigenvalue weighted by atomic mass is 16.5. The molecular weight excluding hydrogens is 444 g/mol. The van der Waals surface area contributed by atoms with Crippen molar-refractivity contribution in [1.82, 2.24) is 14.8 Å². The lowest BCUT2D eigenvalue weighted by molar-refractivity contribution is -0.147. The second-order valence-corrected chi connectivity index (χ2v) is 9.55. The van der Waals surface area contributed by atoms with Gasteiger partial charge in [0.2, 0.25) is 11.8 Å². The molecule has 1 aromatic carbocycles. The van der Waals surface area contributed by atoms with E-state index in [4.69, 9.17) is 4.74 Å². The van der Waals surface area contributed by atoms with Gasteiger partial charge < -0.3 is 19.4 Å². The number of piperazine rings is 1. The van der Waals surface area contributed by atoms with Crippen LogP contribution in [0.2, 0.25) is 0 Å². The van der Waals surface area contributed by atoms with Crippen molar-refractivity contribution in [2.45, 2.75) is 46.2 Å². The molecule has 4 rings (SSSR count). The van der Waals surface area contributed by atoms with E-state index < -0.39 is 6.04 Å². The lowest BCUT2D eigenvalue weighted by Crippen LogP contribution is -2.57. The Kier molecular flexibility index (Phi) is 7.68. The Labute approximate surface area is 206 Å². The number of aromatic nitrogens is 1. The molecule has 0 radical (unpaired) electrons. The summed E-state index contributed by atoms with van der Waals surface area (Å²) < 4.78 is 5.02. The summed E-state index contributed by atoms with van der Waals surface area (Å²) in [6, 6.07) is 11.1. The van der Waals surface area contributed by atoms with Gasteiger partial charge in [0.25, 0.3) is 0 Å². The quantitative estimate of drug-likeness (QED) is 0.594. The number of ether oxygens (including phenoxy) is 1. The van der Waals surface area contributed by atoms with Gasteiger partial charge in [-0.1, -0.05) is 38.1 Å². The maximum atomic E-state index is 13.6. The third kappa shape index (κ3) is 5.63. The number of pyridine rings is 1. The van der Waals surface area contributed by atoms with Crippen molar-refractivity contribution >= 4 is 23.6 Å². The molecule has 0 saturated carbocycles. The molecule has 2 aliphatic rings. The fraction of sp³-hybridized carbons (Fsp3) is 0.481. The van der Waals surface area contributed by atoms with Crippen LogP contribution in [0.25, 0.3) is 0 Å². The molecule has 1 unspecified atom stereocenters. The third-order valence-corrected chi connectivity index (χ3v) is 6.61. The number of rotatable bonds is 6. The molecule has 2 aromatic rings. The van der Waals surface area contributed by atoms with Gasteiger partial charge in [-0.2, -0.15) is 0 Å². The third-order valence-electron chi connectivity index (χ3n) is 6.61. The molecule has 0 aliphatic carbocycles. The van der Waals surface area contributed by atoms with Gasteiger partial charge >= 0.3 is 5.97 Å². The molecule has 3 heterocycles. The second-order valence-electron chi connectivity index (χ2n) is 9.55. The molecular formula is C27H34N4O4. The number of benzene rings is 1. The minimum Gasteiger partial charge on any atom is -0.462 e.